The van der Waals surface area contributed by atoms with Gasteiger partial charge in [-0.15, -0.1) is 12.4 Å². The summed E-state index contributed by atoms with van der Waals surface area (Å²) in [6.45, 7) is 7.27. The van der Waals surface area contributed by atoms with Gasteiger partial charge in [0, 0.05) is 19.2 Å². The van der Waals surface area contributed by atoms with Crippen molar-refractivity contribution in [1.82, 2.24) is 5.32 Å². The summed E-state index contributed by atoms with van der Waals surface area (Å²) in [5, 5.41) is 5.66. The fourth-order valence-electron chi connectivity index (χ4n) is 1.66. The molecule has 1 rings (SSSR count). The van der Waals surface area contributed by atoms with Gasteiger partial charge in [-0.25, -0.2) is 0 Å². The summed E-state index contributed by atoms with van der Waals surface area (Å²) in [5.41, 5.74) is 6.64. The van der Waals surface area contributed by atoms with Crippen LogP contribution < -0.4 is 16.4 Å². The standard InChI is InChI=1S/C15H23N3O2.ClH/c1-10(17-14(20)15(3,4)9-16)12-6-5-7-13(8-12)18-11(2)19;/h5-8,10H,9,16H2,1-4H3,(H,17,20)(H,18,19);1H. The van der Waals surface area contributed by atoms with E-state index in [1.165, 1.54) is 6.92 Å². The molecule has 6 heteroatoms. The molecule has 1 aromatic carbocycles. The number of rotatable bonds is 5. The molecule has 1 unspecified atom stereocenters. The van der Waals surface area contributed by atoms with Crippen molar-refractivity contribution >= 4 is 29.9 Å². The van der Waals surface area contributed by atoms with Crippen LogP contribution in [0.5, 0.6) is 0 Å². The molecule has 118 valence electrons. The number of nitrogens with one attached hydrogen (secondary N) is 2. The predicted octanol–water partition coefficient (Wildman–Crippen LogP) is 2.23. The van der Waals surface area contributed by atoms with Crippen molar-refractivity contribution in [3.05, 3.63) is 29.8 Å². The molecule has 0 spiro atoms. The van der Waals surface area contributed by atoms with Crippen LogP contribution in [0.15, 0.2) is 24.3 Å². The Kier molecular flexibility index (Phi) is 7.39. The fraction of sp³-hybridized carbons (Fsp3) is 0.467. The average molecular weight is 314 g/mol. The molecule has 0 radical (unpaired) electrons. The minimum atomic E-state index is -0.594. The van der Waals surface area contributed by atoms with E-state index >= 15 is 0 Å². The summed E-state index contributed by atoms with van der Waals surface area (Å²) in [4.78, 5) is 23.1. The second kappa shape index (κ2) is 8.00. The van der Waals surface area contributed by atoms with Gasteiger partial charge in [0.1, 0.15) is 0 Å². The van der Waals surface area contributed by atoms with Gasteiger partial charge in [-0.3, -0.25) is 9.59 Å². The largest absolute Gasteiger partial charge is 0.349 e. The third-order valence-corrected chi connectivity index (χ3v) is 3.18. The highest BCUT2D eigenvalue weighted by Crippen LogP contribution is 2.20. The Morgan fingerprint density at radius 1 is 1.33 bits per heavy atom. The lowest BCUT2D eigenvalue weighted by atomic mass is 9.92. The monoisotopic (exact) mass is 313 g/mol. The third kappa shape index (κ3) is 5.73. The van der Waals surface area contributed by atoms with Crippen LogP contribution in [0.1, 0.15) is 39.3 Å². The maximum atomic E-state index is 12.1. The number of halogens is 1. The first-order valence-electron chi connectivity index (χ1n) is 6.65. The molecule has 0 saturated carbocycles. The van der Waals surface area contributed by atoms with Crippen molar-refractivity contribution in [2.24, 2.45) is 11.1 Å². The highest BCUT2D eigenvalue weighted by molar-refractivity contribution is 5.88. The molecule has 0 saturated heterocycles. The topological polar surface area (TPSA) is 84.2 Å². The van der Waals surface area contributed by atoms with E-state index in [-0.39, 0.29) is 36.8 Å². The summed E-state index contributed by atoms with van der Waals surface area (Å²) in [7, 11) is 0. The lowest BCUT2D eigenvalue weighted by molar-refractivity contribution is -0.129. The normalized spacial score (nSPS) is 12.0. The third-order valence-electron chi connectivity index (χ3n) is 3.18. The molecule has 1 aromatic rings. The molecule has 0 heterocycles. The fourth-order valence-corrected chi connectivity index (χ4v) is 1.66. The first-order chi connectivity index (χ1) is 9.26. The quantitative estimate of drug-likeness (QED) is 0.779. The zero-order valence-electron chi connectivity index (χ0n) is 12.9. The Morgan fingerprint density at radius 3 is 2.48 bits per heavy atom. The van der Waals surface area contributed by atoms with Crippen molar-refractivity contribution in [3.8, 4) is 0 Å². The Balaban J connectivity index is 0.00000400. The van der Waals surface area contributed by atoms with Crippen LogP contribution in [0.2, 0.25) is 0 Å². The van der Waals surface area contributed by atoms with Crippen LogP contribution in [0, 0.1) is 5.41 Å². The van der Waals surface area contributed by atoms with Crippen LogP contribution in [-0.4, -0.2) is 18.4 Å². The summed E-state index contributed by atoms with van der Waals surface area (Å²) < 4.78 is 0. The van der Waals surface area contributed by atoms with Gasteiger partial charge in [-0.2, -0.15) is 0 Å². The summed E-state index contributed by atoms with van der Waals surface area (Å²) in [5.74, 6) is -0.208. The van der Waals surface area contributed by atoms with Gasteiger partial charge in [0.25, 0.3) is 0 Å². The molecular weight excluding hydrogens is 290 g/mol. The number of hydrogen-bond donors (Lipinski definition) is 3. The molecule has 0 fully saturated rings. The number of nitrogens with two attached hydrogens (primary N) is 1. The van der Waals surface area contributed by atoms with Gasteiger partial charge in [0.15, 0.2) is 0 Å². The minimum Gasteiger partial charge on any atom is -0.349 e. The van der Waals surface area contributed by atoms with E-state index in [1.807, 2.05) is 45.0 Å². The van der Waals surface area contributed by atoms with Crippen molar-refractivity contribution < 1.29 is 9.59 Å². The molecule has 0 aromatic heterocycles. The lowest BCUT2D eigenvalue weighted by Gasteiger charge is -2.24. The van der Waals surface area contributed by atoms with Gasteiger partial charge in [0.05, 0.1) is 11.5 Å². The van der Waals surface area contributed by atoms with Gasteiger partial charge < -0.3 is 16.4 Å². The van der Waals surface area contributed by atoms with Crippen LogP contribution in [0.4, 0.5) is 5.69 Å². The van der Waals surface area contributed by atoms with Crippen LogP contribution >= 0.6 is 12.4 Å². The van der Waals surface area contributed by atoms with E-state index in [2.05, 4.69) is 10.6 Å². The molecule has 4 N–H and O–H groups in total. The van der Waals surface area contributed by atoms with Crippen LogP contribution in [0.3, 0.4) is 0 Å². The maximum absolute atomic E-state index is 12.1. The van der Waals surface area contributed by atoms with Gasteiger partial charge in [0.2, 0.25) is 11.8 Å². The Hall–Kier alpha value is -1.59. The van der Waals surface area contributed by atoms with Gasteiger partial charge in [-0.1, -0.05) is 12.1 Å². The van der Waals surface area contributed by atoms with Crippen molar-refractivity contribution in [3.63, 3.8) is 0 Å². The van der Waals surface area contributed by atoms with Crippen molar-refractivity contribution in [2.75, 3.05) is 11.9 Å². The summed E-state index contributed by atoms with van der Waals surface area (Å²) >= 11 is 0. The van der Waals surface area contributed by atoms with Crippen molar-refractivity contribution in [1.29, 1.82) is 0 Å². The van der Waals surface area contributed by atoms with Crippen LogP contribution in [0.25, 0.3) is 0 Å². The molecule has 0 aliphatic rings. The minimum absolute atomic E-state index is 0. The number of carbonyl (C=O) groups excluding carboxylic acids is 2. The Bertz CT molecular complexity index is 503. The number of carbonyl (C=O) groups is 2. The second-order valence-electron chi connectivity index (χ2n) is 5.59. The van der Waals surface area contributed by atoms with Gasteiger partial charge in [-0.05, 0) is 38.5 Å². The average Bonchev–Trinajstić information content (AvgIpc) is 2.38. The molecule has 5 nitrogen and oxygen atoms in total. The van der Waals surface area contributed by atoms with E-state index in [4.69, 9.17) is 5.73 Å². The number of anilines is 1. The summed E-state index contributed by atoms with van der Waals surface area (Å²) in [6, 6.07) is 7.26. The van der Waals surface area contributed by atoms with Gasteiger partial charge >= 0.3 is 0 Å². The predicted molar refractivity (Wildman–Crippen MR) is 87.4 cm³/mol. The molecule has 1 atom stereocenters. The molecule has 0 aliphatic heterocycles. The zero-order valence-corrected chi connectivity index (χ0v) is 13.7. The molecule has 21 heavy (non-hydrogen) atoms. The number of amides is 2. The molecule has 0 aliphatic carbocycles. The Morgan fingerprint density at radius 2 is 1.95 bits per heavy atom. The van der Waals surface area contributed by atoms with E-state index in [0.29, 0.717) is 5.69 Å². The highest BCUT2D eigenvalue weighted by atomic mass is 35.5. The van der Waals surface area contributed by atoms with E-state index < -0.39 is 5.41 Å². The second-order valence-corrected chi connectivity index (χ2v) is 5.59. The summed E-state index contributed by atoms with van der Waals surface area (Å²) in [6.07, 6.45) is 0. The number of hydrogen-bond acceptors (Lipinski definition) is 3. The SMILES string of the molecule is CC(=O)Nc1cccc(C(C)NC(=O)C(C)(C)CN)c1.Cl. The maximum Gasteiger partial charge on any atom is 0.227 e. The lowest BCUT2D eigenvalue weighted by Crippen LogP contribution is -2.42. The first-order valence-corrected chi connectivity index (χ1v) is 6.65. The van der Waals surface area contributed by atoms with E-state index in [1.54, 1.807) is 0 Å². The molecule has 2 amide bonds. The van der Waals surface area contributed by atoms with E-state index in [9.17, 15) is 9.59 Å². The Labute approximate surface area is 132 Å². The smallest absolute Gasteiger partial charge is 0.227 e. The number of benzene rings is 1. The van der Waals surface area contributed by atoms with Crippen molar-refractivity contribution in [2.45, 2.75) is 33.7 Å². The highest BCUT2D eigenvalue weighted by Gasteiger charge is 2.27. The molecule has 0 bridgehead atoms. The molecular formula is C15H24ClN3O2. The zero-order chi connectivity index (χ0) is 15.3. The van der Waals surface area contributed by atoms with E-state index in [0.717, 1.165) is 5.56 Å². The van der Waals surface area contributed by atoms with Crippen LogP contribution in [-0.2, 0) is 9.59 Å². The first kappa shape index (κ1) is 19.4.